The van der Waals surface area contributed by atoms with Gasteiger partial charge in [-0.05, 0) is 43.3 Å². The van der Waals surface area contributed by atoms with E-state index >= 15 is 0 Å². The number of hydrogen-bond donors (Lipinski definition) is 1. The number of carbonyl (C=O) groups excluding carboxylic acids is 2. The molecule has 25 heavy (non-hydrogen) atoms. The summed E-state index contributed by atoms with van der Waals surface area (Å²) < 4.78 is 7.10. The smallest absolute Gasteiger partial charge is 0.241 e. The van der Waals surface area contributed by atoms with Gasteiger partial charge in [-0.2, -0.15) is 0 Å². The van der Waals surface area contributed by atoms with Crippen LogP contribution in [0.5, 0.6) is 5.75 Å². The normalized spacial score (nSPS) is 10.6. The quantitative estimate of drug-likeness (QED) is 0.525. The second kappa shape index (κ2) is 7.57. The van der Waals surface area contributed by atoms with Crippen LogP contribution in [0.3, 0.4) is 0 Å². The van der Waals surface area contributed by atoms with E-state index in [0.717, 1.165) is 11.0 Å². The minimum atomic E-state index is -0.161. The Balaban J connectivity index is 1.44. The highest BCUT2D eigenvalue weighted by atomic mass is 16.5. The minimum Gasteiger partial charge on any atom is -0.492 e. The number of benzene rings is 2. The molecular formula is C18H18N4O3. The van der Waals surface area contributed by atoms with E-state index in [-0.39, 0.29) is 18.2 Å². The molecule has 0 unspecified atom stereocenters. The van der Waals surface area contributed by atoms with Gasteiger partial charge in [0.2, 0.25) is 5.91 Å². The van der Waals surface area contributed by atoms with Gasteiger partial charge in [-0.3, -0.25) is 9.59 Å². The van der Waals surface area contributed by atoms with Gasteiger partial charge < -0.3 is 10.1 Å². The van der Waals surface area contributed by atoms with Crippen LogP contribution in [0.1, 0.15) is 17.3 Å². The lowest BCUT2D eigenvalue weighted by molar-refractivity contribution is -0.121. The van der Waals surface area contributed by atoms with Crippen molar-refractivity contribution in [2.75, 3.05) is 13.2 Å². The molecule has 128 valence electrons. The number of ketones is 1. The van der Waals surface area contributed by atoms with Gasteiger partial charge in [0.1, 0.15) is 24.4 Å². The van der Waals surface area contributed by atoms with E-state index in [1.54, 1.807) is 28.9 Å². The Kier molecular flexibility index (Phi) is 5.03. The highest BCUT2D eigenvalue weighted by Crippen LogP contribution is 2.12. The molecule has 1 amide bonds. The molecule has 7 heteroatoms. The molecule has 1 aromatic heterocycles. The molecule has 0 aliphatic carbocycles. The molecule has 0 saturated carbocycles. The van der Waals surface area contributed by atoms with E-state index in [4.69, 9.17) is 4.74 Å². The first kappa shape index (κ1) is 16.6. The van der Waals surface area contributed by atoms with Crippen LogP contribution in [-0.2, 0) is 11.3 Å². The Morgan fingerprint density at radius 1 is 1.12 bits per heavy atom. The van der Waals surface area contributed by atoms with E-state index in [1.165, 1.54) is 6.92 Å². The van der Waals surface area contributed by atoms with Crippen LogP contribution in [-0.4, -0.2) is 39.8 Å². The van der Waals surface area contributed by atoms with Gasteiger partial charge in [-0.25, -0.2) is 4.68 Å². The van der Waals surface area contributed by atoms with Gasteiger partial charge in [-0.15, -0.1) is 5.10 Å². The van der Waals surface area contributed by atoms with Crippen LogP contribution in [0.4, 0.5) is 0 Å². The van der Waals surface area contributed by atoms with Gasteiger partial charge in [0, 0.05) is 5.56 Å². The fourth-order valence-electron chi connectivity index (χ4n) is 2.37. The summed E-state index contributed by atoms with van der Waals surface area (Å²) in [5.74, 6) is 0.507. The van der Waals surface area contributed by atoms with Gasteiger partial charge >= 0.3 is 0 Å². The number of fused-ring (bicyclic) bond motifs is 1. The molecule has 1 heterocycles. The Labute approximate surface area is 144 Å². The topological polar surface area (TPSA) is 86.1 Å². The molecule has 0 aliphatic heterocycles. The van der Waals surface area contributed by atoms with E-state index < -0.39 is 0 Å². The standard InChI is InChI=1S/C18H18N4O3/c1-13(23)14-6-8-15(9-7-14)25-11-10-19-18(24)12-22-17-5-3-2-4-16(17)20-21-22/h2-9H,10-12H2,1H3,(H,19,24). The van der Waals surface area contributed by atoms with Crippen molar-refractivity contribution in [1.82, 2.24) is 20.3 Å². The molecule has 2 aromatic carbocycles. The summed E-state index contributed by atoms with van der Waals surface area (Å²) in [5.41, 5.74) is 2.22. The maximum Gasteiger partial charge on any atom is 0.241 e. The Bertz CT molecular complexity index is 887. The predicted octanol–water partition coefficient (Wildman–Crippen LogP) is 1.83. The first-order chi connectivity index (χ1) is 12.1. The van der Waals surface area contributed by atoms with Crippen LogP contribution in [0.15, 0.2) is 48.5 Å². The number of nitrogens with one attached hydrogen (secondary N) is 1. The lowest BCUT2D eigenvalue weighted by Crippen LogP contribution is -2.31. The SMILES string of the molecule is CC(=O)c1ccc(OCCNC(=O)Cn2nnc3ccccc32)cc1. The van der Waals surface area contributed by atoms with E-state index in [0.29, 0.717) is 24.5 Å². The third kappa shape index (κ3) is 4.20. The summed E-state index contributed by atoms with van der Waals surface area (Å²) in [6.07, 6.45) is 0. The largest absolute Gasteiger partial charge is 0.492 e. The van der Waals surface area contributed by atoms with Crippen LogP contribution in [0.25, 0.3) is 11.0 Å². The number of nitrogens with zero attached hydrogens (tertiary/aromatic N) is 3. The van der Waals surface area contributed by atoms with Crippen molar-refractivity contribution >= 4 is 22.7 Å². The number of rotatable bonds is 7. The molecule has 0 spiro atoms. The Hall–Kier alpha value is -3.22. The van der Waals surface area contributed by atoms with Crippen LogP contribution < -0.4 is 10.1 Å². The van der Waals surface area contributed by atoms with Crippen molar-refractivity contribution in [2.24, 2.45) is 0 Å². The molecule has 0 bridgehead atoms. The first-order valence-electron chi connectivity index (χ1n) is 7.92. The predicted molar refractivity (Wildman–Crippen MR) is 92.5 cm³/mol. The number of carbonyl (C=O) groups is 2. The van der Waals surface area contributed by atoms with Crippen molar-refractivity contribution in [3.63, 3.8) is 0 Å². The van der Waals surface area contributed by atoms with Crippen LogP contribution >= 0.6 is 0 Å². The average Bonchev–Trinajstić information content (AvgIpc) is 3.02. The van der Waals surface area contributed by atoms with Gasteiger partial charge in [0.25, 0.3) is 0 Å². The lowest BCUT2D eigenvalue weighted by atomic mass is 10.1. The average molecular weight is 338 g/mol. The maximum atomic E-state index is 12.0. The number of Topliss-reactive ketones (excluding diaryl/α,β-unsaturated/α-hetero) is 1. The highest BCUT2D eigenvalue weighted by molar-refractivity contribution is 5.94. The zero-order valence-corrected chi connectivity index (χ0v) is 13.8. The van der Waals surface area contributed by atoms with Gasteiger partial charge in [-0.1, -0.05) is 17.3 Å². The molecule has 7 nitrogen and oxygen atoms in total. The second-order valence-electron chi connectivity index (χ2n) is 5.51. The molecule has 3 rings (SSSR count). The van der Waals surface area contributed by atoms with Crippen molar-refractivity contribution in [1.29, 1.82) is 0 Å². The second-order valence-corrected chi connectivity index (χ2v) is 5.51. The number of hydrogen-bond acceptors (Lipinski definition) is 5. The van der Waals surface area contributed by atoms with Gasteiger partial charge in [0.05, 0.1) is 12.1 Å². The Morgan fingerprint density at radius 2 is 1.88 bits per heavy atom. The first-order valence-corrected chi connectivity index (χ1v) is 7.92. The van der Waals surface area contributed by atoms with Crippen LogP contribution in [0.2, 0.25) is 0 Å². The van der Waals surface area contributed by atoms with E-state index in [9.17, 15) is 9.59 Å². The number of aromatic nitrogens is 3. The third-order valence-corrected chi connectivity index (χ3v) is 3.67. The van der Waals surface area contributed by atoms with Crippen molar-refractivity contribution in [2.45, 2.75) is 13.5 Å². The van der Waals surface area contributed by atoms with Crippen molar-refractivity contribution < 1.29 is 14.3 Å². The Morgan fingerprint density at radius 3 is 2.64 bits per heavy atom. The summed E-state index contributed by atoms with van der Waals surface area (Å²) in [5, 5.41) is 10.8. The molecular weight excluding hydrogens is 320 g/mol. The molecule has 1 N–H and O–H groups in total. The molecule has 3 aromatic rings. The number of ether oxygens (including phenoxy) is 1. The van der Waals surface area contributed by atoms with Gasteiger partial charge in [0.15, 0.2) is 5.78 Å². The molecule has 0 radical (unpaired) electrons. The van der Waals surface area contributed by atoms with Crippen molar-refractivity contribution in [3.05, 3.63) is 54.1 Å². The summed E-state index contributed by atoms with van der Waals surface area (Å²) in [6, 6.07) is 14.4. The fraction of sp³-hybridized carbons (Fsp3) is 0.222. The lowest BCUT2D eigenvalue weighted by Gasteiger charge is -2.08. The van der Waals surface area contributed by atoms with E-state index in [2.05, 4.69) is 15.6 Å². The zero-order chi connectivity index (χ0) is 17.6. The molecule has 0 fully saturated rings. The maximum absolute atomic E-state index is 12.0. The number of amides is 1. The fourth-order valence-corrected chi connectivity index (χ4v) is 2.37. The summed E-state index contributed by atoms with van der Waals surface area (Å²) >= 11 is 0. The molecule has 0 atom stereocenters. The summed E-state index contributed by atoms with van der Waals surface area (Å²) in [4.78, 5) is 23.2. The molecule has 0 aliphatic rings. The van der Waals surface area contributed by atoms with Crippen molar-refractivity contribution in [3.8, 4) is 5.75 Å². The van der Waals surface area contributed by atoms with Crippen LogP contribution in [0, 0.1) is 0 Å². The molecule has 0 saturated heterocycles. The minimum absolute atomic E-state index is 0.0134. The summed E-state index contributed by atoms with van der Waals surface area (Å²) in [6.45, 7) is 2.33. The highest BCUT2D eigenvalue weighted by Gasteiger charge is 2.08. The summed E-state index contributed by atoms with van der Waals surface area (Å²) in [7, 11) is 0. The van der Waals surface area contributed by atoms with E-state index in [1.807, 2.05) is 24.3 Å². The monoisotopic (exact) mass is 338 g/mol. The zero-order valence-electron chi connectivity index (χ0n) is 13.8. The number of para-hydroxylation sites is 1. The third-order valence-electron chi connectivity index (χ3n) is 3.67.